The summed E-state index contributed by atoms with van der Waals surface area (Å²) in [4.78, 5) is 37.4. The first-order valence-corrected chi connectivity index (χ1v) is 17.0. The molecule has 0 bridgehead atoms. The van der Waals surface area contributed by atoms with Crippen LogP contribution in [-0.2, 0) is 23.1 Å². The number of carbonyl (C=O) groups is 1. The Labute approximate surface area is 284 Å². The van der Waals surface area contributed by atoms with E-state index in [0.29, 0.717) is 63.1 Å². The van der Waals surface area contributed by atoms with E-state index in [-0.39, 0.29) is 43.2 Å². The van der Waals surface area contributed by atoms with Crippen LogP contribution in [0.25, 0.3) is 21.3 Å². The first kappa shape index (κ1) is 34.3. The van der Waals surface area contributed by atoms with Gasteiger partial charge in [0.15, 0.2) is 0 Å². The molecule has 1 N–H and O–H groups in total. The molecule has 0 amide bonds. The van der Waals surface area contributed by atoms with Gasteiger partial charge in [-0.15, -0.1) is 24.5 Å². The Morgan fingerprint density at radius 2 is 1.88 bits per heavy atom. The van der Waals surface area contributed by atoms with Crippen LogP contribution in [0.3, 0.4) is 0 Å². The second-order valence-electron chi connectivity index (χ2n) is 13.1. The average molecular weight is 705 g/mol. The number of thiophene rings is 1. The van der Waals surface area contributed by atoms with Crippen LogP contribution < -0.4 is 10.3 Å². The van der Waals surface area contributed by atoms with Crippen molar-refractivity contribution in [1.29, 1.82) is 0 Å². The van der Waals surface area contributed by atoms with E-state index in [1.807, 2.05) is 6.07 Å². The van der Waals surface area contributed by atoms with Gasteiger partial charge in [0, 0.05) is 57.3 Å². The molecule has 0 radical (unpaired) electrons. The molecule has 48 heavy (non-hydrogen) atoms. The first-order valence-electron chi connectivity index (χ1n) is 15.8. The summed E-state index contributed by atoms with van der Waals surface area (Å²) in [5.41, 5.74) is 3.46. The number of piperidine rings is 1. The van der Waals surface area contributed by atoms with Gasteiger partial charge in [-0.25, -0.2) is 9.78 Å². The SMILES string of the molecule is Cc1cc(-c2cc(Cl)ccc2OCCn2c(C)nc3c(c2=O)CC(N2CCC(OC(F)(F)F)CC2)CC3(C)C)c2scc(C(=O)O)c2n1. The van der Waals surface area contributed by atoms with Crippen molar-refractivity contribution >= 4 is 39.1 Å². The number of hydrogen-bond donors (Lipinski definition) is 1. The van der Waals surface area contributed by atoms with Crippen LogP contribution in [0, 0.1) is 13.8 Å². The highest BCUT2D eigenvalue weighted by Gasteiger charge is 2.41. The summed E-state index contributed by atoms with van der Waals surface area (Å²) in [6, 6.07) is 7.10. The lowest BCUT2D eigenvalue weighted by Crippen LogP contribution is -2.51. The molecule has 4 aromatic rings. The maximum absolute atomic E-state index is 14.0. The quantitative estimate of drug-likeness (QED) is 0.206. The number of aromatic carboxylic acids is 1. The van der Waals surface area contributed by atoms with Crippen molar-refractivity contribution in [1.82, 2.24) is 19.4 Å². The fourth-order valence-corrected chi connectivity index (χ4v) is 8.26. The number of ether oxygens (including phenoxy) is 2. The van der Waals surface area contributed by atoms with Gasteiger partial charge in [-0.3, -0.25) is 24.0 Å². The van der Waals surface area contributed by atoms with Gasteiger partial charge in [0.2, 0.25) is 0 Å². The van der Waals surface area contributed by atoms with Crippen molar-refractivity contribution < 1.29 is 32.5 Å². The van der Waals surface area contributed by atoms with Gasteiger partial charge in [0.05, 0.1) is 34.1 Å². The zero-order valence-corrected chi connectivity index (χ0v) is 28.6. The number of carboxylic acids is 1. The number of pyridine rings is 1. The minimum Gasteiger partial charge on any atom is -0.491 e. The summed E-state index contributed by atoms with van der Waals surface area (Å²) in [5.74, 6) is 0.0380. The van der Waals surface area contributed by atoms with Crippen LogP contribution >= 0.6 is 22.9 Å². The van der Waals surface area contributed by atoms with Crippen LogP contribution in [0.1, 0.15) is 66.2 Å². The molecule has 14 heteroatoms. The van der Waals surface area contributed by atoms with E-state index < -0.39 is 23.9 Å². The lowest BCUT2D eigenvalue weighted by Gasteiger charge is -2.44. The highest BCUT2D eigenvalue weighted by Crippen LogP contribution is 2.41. The summed E-state index contributed by atoms with van der Waals surface area (Å²) in [6.07, 6.45) is -3.73. The molecule has 1 atom stereocenters. The lowest BCUT2D eigenvalue weighted by molar-refractivity contribution is -0.346. The number of hydrogen-bond acceptors (Lipinski definition) is 8. The molecule has 3 aromatic heterocycles. The van der Waals surface area contributed by atoms with Gasteiger partial charge in [0.1, 0.15) is 18.2 Å². The maximum Gasteiger partial charge on any atom is 0.522 e. The number of aromatic nitrogens is 3. The highest BCUT2D eigenvalue weighted by molar-refractivity contribution is 7.18. The third-order valence-electron chi connectivity index (χ3n) is 9.26. The molecule has 0 saturated carbocycles. The molecule has 2 aliphatic rings. The van der Waals surface area contributed by atoms with E-state index in [0.717, 1.165) is 17.7 Å². The Bertz CT molecular complexity index is 1930. The van der Waals surface area contributed by atoms with E-state index in [1.54, 1.807) is 42.0 Å². The molecular formula is C34H36ClF3N4O5S. The fourth-order valence-electron chi connectivity index (χ4n) is 7.08. The minimum absolute atomic E-state index is 0.00239. The molecule has 1 aromatic carbocycles. The third-order valence-corrected chi connectivity index (χ3v) is 10.5. The Kier molecular flexibility index (Phi) is 9.35. The van der Waals surface area contributed by atoms with Gasteiger partial charge in [-0.2, -0.15) is 0 Å². The van der Waals surface area contributed by atoms with Crippen molar-refractivity contribution in [3.05, 3.63) is 73.4 Å². The predicted molar refractivity (Wildman–Crippen MR) is 177 cm³/mol. The molecule has 1 aliphatic carbocycles. The monoisotopic (exact) mass is 704 g/mol. The fraction of sp³-hybridized carbons (Fsp3) is 0.471. The Balaban J connectivity index is 1.23. The highest BCUT2D eigenvalue weighted by atomic mass is 35.5. The van der Waals surface area contributed by atoms with Gasteiger partial charge in [-0.1, -0.05) is 25.4 Å². The van der Waals surface area contributed by atoms with Crippen LogP contribution in [0.5, 0.6) is 5.75 Å². The molecule has 1 aliphatic heterocycles. The molecule has 6 rings (SSSR count). The summed E-state index contributed by atoms with van der Waals surface area (Å²) in [6.45, 7) is 9.02. The molecular weight excluding hydrogens is 669 g/mol. The number of likely N-dealkylation sites (tertiary alicyclic amines) is 1. The summed E-state index contributed by atoms with van der Waals surface area (Å²) in [5, 5.41) is 11.7. The van der Waals surface area contributed by atoms with Crippen LogP contribution in [0.15, 0.2) is 34.4 Å². The van der Waals surface area contributed by atoms with Gasteiger partial charge >= 0.3 is 12.3 Å². The zero-order valence-electron chi connectivity index (χ0n) is 27.0. The number of rotatable bonds is 8. The van der Waals surface area contributed by atoms with Crippen molar-refractivity contribution in [2.75, 3.05) is 19.7 Å². The minimum atomic E-state index is -4.65. The summed E-state index contributed by atoms with van der Waals surface area (Å²) < 4.78 is 51.1. The summed E-state index contributed by atoms with van der Waals surface area (Å²) in [7, 11) is 0. The van der Waals surface area contributed by atoms with E-state index in [2.05, 4.69) is 28.5 Å². The molecule has 4 heterocycles. The maximum atomic E-state index is 14.0. The van der Waals surface area contributed by atoms with Crippen molar-refractivity contribution in [2.45, 2.75) is 83.8 Å². The number of halogens is 4. The molecule has 0 spiro atoms. The van der Waals surface area contributed by atoms with E-state index in [1.165, 1.54) is 11.3 Å². The van der Waals surface area contributed by atoms with Crippen LogP contribution in [0.4, 0.5) is 13.2 Å². The van der Waals surface area contributed by atoms with E-state index >= 15 is 0 Å². The van der Waals surface area contributed by atoms with Crippen molar-refractivity contribution in [3.8, 4) is 16.9 Å². The average Bonchev–Trinajstić information content (AvgIpc) is 3.43. The number of carboxylic acid groups (broad SMARTS) is 1. The number of alkyl halides is 3. The number of fused-ring (bicyclic) bond motifs is 2. The predicted octanol–water partition coefficient (Wildman–Crippen LogP) is 7.16. The number of aryl methyl sites for hydroxylation is 2. The van der Waals surface area contributed by atoms with E-state index in [9.17, 15) is 27.9 Å². The zero-order chi connectivity index (χ0) is 34.5. The molecule has 1 saturated heterocycles. The molecule has 9 nitrogen and oxygen atoms in total. The largest absolute Gasteiger partial charge is 0.522 e. The van der Waals surface area contributed by atoms with Gasteiger partial charge in [-0.05, 0) is 63.8 Å². The number of benzene rings is 1. The topological polar surface area (TPSA) is 107 Å². The lowest BCUT2D eigenvalue weighted by atomic mass is 9.73. The smallest absolute Gasteiger partial charge is 0.491 e. The Morgan fingerprint density at radius 3 is 2.56 bits per heavy atom. The molecule has 1 fully saturated rings. The molecule has 1 unspecified atom stereocenters. The van der Waals surface area contributed by atoms with Crippen molar-refractivity contribution in [3.63, 3.8) is 0 Å². The third kappa shape index (κ3) is 6.96. The first-order chi connectivity index (χ1) is 22.6. The Morgan fingerprint density at radius 1 is 1.15 bits per heavy atom. The van der Waals surface area contributed by atoms with Gasteiger partial charge in [0.25, 0.3) is 5.56 Å². The number of nitrogens with zero attached hydrogens (tertiary/aromatic N) is 4. The van der Waals surface area contributed by atoms with E-state index in [4.69, 9.17) is 21.3 Å². The van der Waals surface area contributed by atoms with Gasteiger partial charge < -0.3 is 9.84 Å². The standard InChI is InChI=1S/C34H36ClF3N4O5S/c1-18-13-24(29-28(39-18)26(17-48-29)32(44)45)23-14-20(35)5-6-27(23)46-12-11-42-19(2)40-30-25(31(42)43)15-21(16-33(30,3)4)41-9-7-22(8-10-41)47-34(36,37)38/h5-6,13-14,17,21-22H,7-12,15-16H2,1-4H3,(H,44,45). The molecule has 256 valence electrons. The summed E-state index contributed by atoms with van der Waals surface area (Å²) >= 11 is 7.69. The normalized spacial score (nSPS) is 18.6. The van der Waals surface area contributed by atoms with Crippen LogP contribution in [0.2, 0.25) is 5.02 Å². The second kappa shape index (κ2) is 13.1. The van der Waals surface area contributed by atoms with Crippen LogP contribution in [-0.4, -0.2) is 68.7 Å². The Hall–Kier alpha value is -3.52. The van der Waals surface area contributed by atoms with Crippen molar-refractivity contribution in [2.24, 2.45) is 0 Å². The second-order valence-corrected chi connectivity index (χ2v) is 14.4.